The van der Waals surface area contributed by atoms with E-state index in [-0.39, 0.29) is 21.8 Å². The molecule has 1 aliphatic heterocycles. The third-order valence-corrected chi connectivity index (χ3v) is 7.86. The number of nitrogens with zero attached hydrogens (tertiary/aromatic N) is 2. The molecule has 2 aromatic carbocycles. The zero-order valence-electron chi connectivity index (χ0n) is 18.3. The minimum atomic E-state index is -3.90. The molecule has 1 aromatic heterocycles. The Balaban J connectivity index is 1.75. The quantitative estimate of drug-likeness (QED) is 0.653. The maximum Gasteiger partial charge on any atom is 0.264 e. The number of rotatable bonds is 4. The molecular formula is C24H27N3O4S. The van der Waals surface area contributed by atoms with Crippen molar-refractivity contribution in [3.05, 3.63) is 70.0 Å². The Morgan fingerprint density at radius 1 is 1.03 bits per heavy atom. The normalized spacial score (nSPS) is 14.9. The summed E-state index contributed by atoms with van der Waals surface area (Å²) < 4.78 is 27.8. The van der Waals surface area contributed by atoms with E-state index in [1.54, 1.807) is 23.1 Å². The molecule has 0 atom stereocenters. The molecule has 0 bridgehead atoms. The first kappa shape index (κ1) is 22.1. The van der Waals surface area contributed by atoms with Crippen LogP contribution in [0.4, 0.5) is 5.69 Å². The smallest absolute Gasteiger partial charge is 0.264 e. The van der Waals surface area contributed by atoms with Crippen LogP contribution in [0.15, 0.2) is 58.4 Å². The van der Waals surface area contributed by atoms with Crippen molar-refractivity contribution in [2.75, 3.05) is 24.4 Å². The highest BCUT2D eigenvalue weighted by Crippen LogP contribution is 2.26. The number of hydrogen-bond acceptors (Lipinski definition) is 4. The minimum absolute atomic E-state index is 0.000578. The topological polar surface area (TPSA) is 90.6 Å². The summed E-state index contributed by atoms with van der Waals surface area (Å²) in [6.45, 7) is 3.10. The molecule has 1 aliphatic rings. The van der Waals surface area contributed by atoms with Crippen molar-refractivity contribution in [3.8, 4) is 0 Å². The highest BCUT2D eigenvalue weighted by Gasteiger charge is 2.25. The molecular weight excluding hydrogens is 426 g/mol. The summed E-state index contributed by atoms with van der Waals surface area (Å²) in [5.41, 5.74) is 1.46. The van der Waals surface area contributed by atoms with E-state index < -0.39 is 15.5 Å². The number of fused-ring (bicyclic) bond motifs is 1. The number of para-hydroxylation sites is 1. The monoisotopic (exact) mass is 453 g/mol. The molecule has 0 saturated carbocycles. The number of likely N-dealkylation sites (tertiary alicyclic amines) is 1. The second-order valence-corrected chi connectivity index (χ2v) is 10.2. The molecule has 8 heteroatoms. The lowest BCUT2D eigenvalue weighted by atomic mass is 10.1. The number of aromatic amines is 1. The van der Waals surface area contributed by atoms with Gasteiger partial charge in [-0.3, -0.25) is 13.9 Å². The van der Waals surface area contributed by atoms with Gasteiger partial charge < -0.3 is 9.88 Å². The van der Waals surface area contributed by atoms with Crippen molar-refractivity contribution in [1.29, 1.82) is 0 Å². The Hall–Kier alpha value is -3.13. The van der Waals surface area contributed by atoms with E-state index in [1.165, 1.54) is 29.7 Å². The van der Waals surface area contributed by atoms with Gasteiger partial charge in [-0.05, 0) is 49.6 Å². The summed E-state index contributed by atoms with van der Waals surface area (Å²) in [7, 11) is -2.40. The number of aryl methyl sites for hydroxylation is 1. The van der Waals surface area contributed by atoms with E-state index >= 15 is 0 Å². The summed E-state index contributed by atoms with van der Waals surface area (Å²) >= 11 is 0. The van der Waals surface area contributed by atoms with Crippen molar-refractivity contribution < 1.29 is 13.2 Å². The Labute approximate surface area is 187 Å². The fourth-order valence-electron chi connectivity index (χ4n) is 4.17. The van der Waals surface area contributed by atoms with Crippen LogP contribution in [0.3, 0.4) is 0 Å². The molecule has 0 unspecified atom stereocenters. The molecule has 4 rings (SSSR count). The predicted molar refractivity (Wildman–Crippen MR) is 126 cm³/mol. The van der Waals surface area contributed by atoms with Gasteiger partial charge in [0.05, 0.1) is 10.6 Å². The van der Waals surface area contributed by atoms with Gasteiger partial charge >= 0.3 is 0 Å². The van der Waals surface area contributed by atoms with Gasteiger partial charge in [-0.1, -0.05) is 31.0 Å². The number of hydrogen-bond donors (Lipinski definition) is 1. The van der Waals surface area contributed by atoms with Crippen LogP contribution in [0.1, 0.15) is 41.6 Å². The van der Waals surface area contributed by atoms with Crippen LogP contribution in [0.25, 0.3) is 10.9 Å². The zero-order valence-corrected chi connectivity index (χ0v) is 19.1. The number of nitrogens with one attached hydrogen (secondary N) is 1. The van der Waals surface area contributed by atoms with E-state index in [2.05, 4.69) is 4.98 Å². The molecule has 3 aromatic rings. The molecule has 0 aliphatic carbocycles. The molecule has 1 fully saturated rings. The third-order valence-electron chi connectivity index (χ3n) is 6.09. The largest absolute Gasteiger partial charge is 0.360 e. The Morgan fingerprint density at radius 3 is 2.41 bits per heavy atom. The summed E-state index contributed by atoms with van der Waals surface area (Å²) in [4.78, 5) is 30.9. The summed E-state index contributed by atoms with van der Waals surface area (Å²) in [5, 5.41) is 0.185. The van der Waals surface area contributed by atoms with E-state index in [4.69, 9.17) is 0 Å². The number of sulfonamides is 1. The van der Waals surface area contributed by atoms with Crippen LogP contribution in [0.5, 0.6) is 0 Å². The third kappa shape index (κ3) is 4.02. The van der Waals surface area contributed by atoms with Gasteiger partial charge in [-0.25, -0.2) is 8.42 Å². The highest BCUT2D eigenvalue weighted by atomic mass is 32.2. The van der Waals surface area contributed by atoms with E-state index in [1.807, 2.05) is 19.1 Å². The average molecular weight is 454 g/mol. The number of carbonyl (C=O) groups is 1. The fraction of sp³-hybridized carbons (Fsp3) is 0.333. The van der Waals surface area contributed by atoms with Crippen LogP contribution in [0, 0.1) is 6.92 Å². The van der Waals surface area contributed by atoms with Gasteiger partial charge in [-0.2, -0.15) is 0 Å². The number of carbonyl (C=O) groups excluding carboxylic acids is 1. The first-order chi connectivity index (χ1) is 15.3. The standard InChI is InChI=1S/C24H27N3O4S/c1-17-9-5-6-10-22(17)26(2)32(30,31)18-11-12-21-19(15-18)23(28)20(16-25-21)24(29)27-13-7-3-4-8-14-27/h5-6,9-12,15-16H,3-4,7-8,13-14H2,1-2H3,(H,25,28). The SMILES string of the molecule is Cc1ccccc1N(C)S(=O)(=O)c1ccc2[nH]cc(C(=O)N3CCCCCC3)c(=O)c2c1. The Kier molecular flexibility index (Phi) is 6.06. The molecule has 0 spiro atoms. The minimum Gasteiger partial charge on any atom is -0.360 e. The summed E-state index contributed by atoms with van der Waals surface area (Å²) in [5.74, 6) is -0.305. The Bertz CT molecular complexity index is 1320. The van der Waals surface area contributed by atoms with E-state index in [9.17, 15) is 18.0 Å². The second kappa shape index (κ2) is 8.78. The molecule has 1 saturated heterocycles. The maximum absolute atomic E-state index is 13.3. The van der Waals surface area contributed by atoms with E-state index in [0.717, 1.165) is 31.2 Å². The second-order valence-electron chi connectivity index (χ2n) is 8.20. The fourth-order valence-corrected chi connectivity index (χ4v) is 5.45. The zero-order chi connectivity index (χ0) is 22.9. The maximum atomic E-state index is 13.3. The predicted octanol–water partition coefficient (Wildman–Crippen LogP) is 3.68. The lowest BCUT2D eigenvalue weighted by molar-refractivity contribution is 0.0760. The molecule has 7 nitrogen and oxygen atoms in total. The van der Waals surface area contributed by atoms with Crippen LogP contribution < -0.4 is 9.73 Å². The highest BCUT2D eigenvalue weighted by molar-refractivity contribution is 7.92. The van der Waals surface area contributed by atoms with Crippen molar-refractivity contribution in [2.45, 2.75) is 37.5 Å². The number of benzene rings is 2. The molecule has 32 heavy (non-hydrogen) atoms. The van der Waals surface area contributed by atoms with Crippen LogP contribution in [0.2, 0.25) is 0 Å². The van der Waals surface area contributed by atoms with E-state index in [0.29, 0.717) is 24.3 Å². The number of H-pyrrole nitrogens is 1. The van der Waals surface area contributed by atoms with Crippen LogP contribution >= 0.6 is 0 Å². The summed E-state index contributed by atoms with van der Waals surface area (Å²) in [6, 6.07) is 11.6. The van der Waals surface area contributed by atoms with Gasteiger partial charge in [0.25, 0.3) is 15.9 Å². The van der Waals surface area contributed by atoms with Gasteiger partial charge in [0.15, 0.2) is 0 Å². The molecule has 1 N–H and O–H groups in total. The lowest BCUT2D eigenvalue weighted by Crippen LogP contribution is -2.35. The number of pyridine rings is 1. The lowest BCUT2D eigenvalue weighted by Gasteiger charge is -2.22. The number of aromatic nitrogens is 1. The van der Waals surface area contributed by atoms with Crippen LogP contribution in [-0.2, 0) is 10.0 Å². The number of anilines is 1. The van der Waals surface area contributed by atoms with Gasteiger partial charge in [0.1, 0.15) is 5.56 Å². The van der Waals surface area contributed by atoms with Crippen molar-refractivity contribution >= 4 is 32.5 Å². The summed E-state index contributed by atoms with van der Waals surface area (Å²) in [6.07, 6.45) is 5.43. The average Bonchev–Trinajstić information content (AvgIpc) is 3.08. The molecule has 1 amide bonds. The first-order valence-electron chi connectivity index (χ1n) is 10.8. The van der Waals surface area contributed by atoms with Crippen molar-refractivity contribution in [3.63, 3.8) is 0 Å². The van der Waals surface area contributed by atoms with Gasteiger partial charge in [0, 0.05) is 37.2 Å². The van der Waals surface area contributed by atoms with Crippen molar-refractivity contribution in [1.82, 2.24) is 9.88 Å². The first-order valence-corrected chi connectivity index (χ1v) is 12.2. The van der Waals surface area contributed by atoms with Gasteiger partial charge in [0.2, 0.25) is 5.43 Å². The molecule has 168 valence electrons. The van der Waals surface area contributed by atoms with Crippen molar-refractivity contribution in [2.24, 2.45) is 0 Å². The number of amides is 1. The van der Waals surface area contributed by atoms with Gasteiger partial charge in [-0.15, -0.1) is 0 Å². The molecule has 0 radical (unpaired) electrons. The van der Waals surface area contributed by atoms with Crippen LogP contribution in [-0.4, -0.2) is 44.3 Å². The molecule has 2 heterocycles. The Morgan fingerprint density at radius 2 is 1.72 bits per heavy atom.